The smallest absolute Gasteiger partial charge is 0.276 e. The van der Waals surface area contributed by atoms with Crippen molar-refractivity contribution >= 4 is 35.0 Å². The minimum absolute atomic E-state index is 0.0982. The highest BCUT2D eigenvalue weighted by atomic mass is 32.2. The zero-order valence-electron chi connectivity index (χ0n) is 18.1. The fourth-order valence-corrected chi connectivity index (χ4v) is 4.11. The van der Waals surface area contributed by atoms with Crippen LogP contribution in [0, 0.1) is 16.0 Å². The number of carbonyl (C=O) groups is 2. The molecule has 170 valence electrons. The predicted octanol–water partition coefficient (Wildman–Crippen LogP) is 3.05. The van der Waals surface area contributed by atoms with Gasteiger partial charge in [0.25, 0.3) is 5.69 Å². The minimum Gasteiger partial charge on any atom is -0.493 e. The van der Waals surface area contributed by atoms with Gasteiger partial charge in [-0.3, -0.25) is 19.7 Å². The average Bonchev–Trinajstić information content (AvgIpc) is 3.20. The number of hydrogen-bond donors (Lipinski definition) is 1. The van der Waals surface area contributed by atoms with Crippen molar-refractivity contribution in [1.29, 1.82) is 0 Å². The van der Waals surface area contributed by atoms with E-state index in [9.17, 15) is 19.7 Å². The van der Waals surface area contributed by atoms with Crippen molar-refractivity contribution in [2.24, 2.45) is 5.92 Å². The molecule has 0 spiro atoms. The number of rotatable bonds is 9. The molecule has 0 bridgehead atoms. The van der Waals surface area contributed by atoms with Crippen LogP contribution in [-0.2, 0) is 16.0 Å². The minimum atomic E-state index is -0.491. The summed E-state index contributed by atoms with van der Waals surface area (Å²) in [5.74, 6) is -0.171. The Morgan fingerprint density at radius 2 is 1.97 bits per heavy atom. The van der Waals surface area contributed by atoms with E-state index >= 15 is 0 Å². The zero-order chi connectivity index (χ0) is 23.3. The number of amides is 2. The van der Waals surface area contributed by atoms with Crippen LogP contribution in [0.2, 0.25) is 0 Å². The van der Waals surface area contributed by atoms with Gasteiger partial charge < -0.3 is 19.7 Å². The maximum Gasteiger partial charge on any atom is 0.276 e. The molecule has 0 aliphatic carbocycles. The van der Waals surface area contributed by atoms with Gasteiger partial charge in [0, 0.05) is 35.7 Å². The largest absolute Gasteiger partial charge is 0.493 e. The zero-order valence-corrected chi connectivity index (χ0v) is 18.9. The third-order valence-corrected chi connectivity index (χ3v) is 6.06. The maximum absolute atomic E-state index is 12.7. The summed E-state index contributed by atoms with van der Waals surface area (Å²) >= 11 is 1.59. The summed E-state index contributed by atoms with van der Waals surface area (Å²) in [6.07, 6.45) is 2.33. The van der Waals surface area contributed by atoms with Gasteiger partial charge in [0.2, 0.25) is 11.8 Å². The summed E-state index contributed by atoms with van der Waals surface area (Å²) in [5, 5.41) is 14.2. The fraction of sp³-hybridized carbons (Fsp3) is 0.364. The monoisotopic (exact) mass is 459 g/mol. The van der Waals surface area contributed by atoms with E-state index in [2.05, 4.69) is 5.32 Å². The number of methoxy groups -OCH3 is 2. The van der Waals surface area contributed by atoms with E-state index in [0.717, 1.165) is 10.6 Å². The van der Waals surface area contributed by atoms with Crippen molar-refractivity contribution in [3.8, 4) is 11.5 Å². The number of thioether (sulfide) groups is 1. The van der Waals surface area contributed by atoms with Crippen molar-refractivity contribution in [3.63, 3.8) is 0 Å². The van der Waals surface area contributed by atoms with Gasteiger partial charge in [-0.15, -0.1) is 11.8 Å². The standard InChI is InChI=1S/C22H25N3O6S/c1-30-19-9-14(18(25(28)29)12-20(19)31-2)7-8-23-22(27)15-10-21(26)24(13-15)16-5-4-6-17(11-16)32-3/h4-6,9,11-12,15H,7-8,10,13H2,1-3H3,(H,23,27)/t15-/m1/s1. The summed E-state index contributed by atoms with van der Waals surface area (Å²) in [6.45, 7) is 0.501. The first kappa shape index (κ1) is 23.4. The number of carbonyl (C=O) groups excluding carboxylic acids is 2. The number of ether oxygens (including phenoxy) is 2. The highest BCUT2D eigenvalue weighted by molar-refractivity contribution is 7.98. The Labute approximate surface area is 190 Å². The van der Waals surface area contributed by atoms with Crippen molar-refractivity contribution < 1.29 is 24.0 Å². The third kappa shape index (κ3) is 5.13. The van der Waals surface area contributed by atoms with E-state index in [1.165, 1.54) is 20.3 Å². The molecule has 1 saturated heterocycles. The van der Waals surface area contributed by atoms with E-state index in [1.54, 1.807) is 22.7 Å². The molecule has 32 heavy (non-hydrogen) atoms. The SMILES string of the molecule is COc1cc(CCNC(=O)[C@@H]2CC(=O)N(c3cccc(SC)c3)C2)c([N+](=O)[O-])cc1OC. The molecule has 0 unspecified atom stereocenters. The molecule has 1 heterocycles. The lowest BCUT2D eigenvalue weighted by atomic mass is 10.1. The first-order chi connectivity index (χ1) is 15.4. The Hall–Kier alpha value is -3.27. The van der Waals surface area contributed by atoms with Crippen LogP contribution in [-0.4, -0.2) is 50.3 Å². The van der Waals surface area contributed by atoms with Crippen molar-refractivity contribution in [2.45, 2.75) is 17.7 Å². The molecule has 1 atom stereocenters. The Morgan fingerprint density at radius 1 is 1.25 bits per heavy atom. The van der Waals surface area contributed by atoms with Crippen LogP contribution in [0.4, 0.5) is 11.4 Å². The lowest BCUT2D eigenvalue weighted by Crippen LogP contribution is -2.34. The molecule has 2 amide bonds. The number of nitro benzene ring substituents is 1. The highest BCUT2D eigenvalue weighted by Crippen LogP contribution is 2.34. The Balaban J connectivity index is 1.63. The van der Waals surface area contributed by atoms with E-state index in [4.69, 9.17) is 9.47 Å². The first-order valence-corrected chi connectivity index (χ1v) is 11.2. The van der Waals surface area contributed by atoms with Gasteiger partial charge in [-0.05, 0) is 36.9 Å². The highest BCUT2D eigenvalue weighted by Gasteiger charge is 2.35. The van der Waals surface area contributed by atoms with Gasteiger partial charge >= 0.3 is 0 Å². The van der Waals surface area contributed by atoms with Crippen molar-refractivity contribution in [2.75, 3.05) is 38.5 Å². The van der Waals surface area contributed by atoms with E-state index < -0.39 is 10.8 Å². The molecular formula is C22H25N3O6S. The number of anilines is 1. The Bertz CT molecular complexity index is 1030. The average molecular weight is 460 g/mol. The topological polar surface area (TPSA) is 111 Å². The van der Waals surface area contributed by atoms with Gasteiger partial charge in [0.15, 0.2) is 11.5 Å². The summed E-state index contributed by atoms with van der Waals surface area (Å²) < 4.78 is 10.3. The van der Waals surface area contributed by atoms with Crippen LogP contribution in [0.15, 0.2) is 41.3 Å². The van der Waals surface area contributed by atoms with Crippen LogP contribution < -0.4 is 19.7 Å². The molecule has 1 aliphatic heterocycles. The van der Waals surface area contributed by atoms with Crippen LogP contribution >= 0.6 is 11.8 Å². The maximum atomic E-state index is 12.7. The summed E-state index contributed by atoms with van der Waals surface area (Å²) in [7, 11) is 2.86. The van der Waals surface area contributed by atoms with Crippen molar-refractivity contribution in [1.82, 2.24) is 5.32 Å². The van der Waals surface area contributed by atoms with Crippen molar-refractivity contribution in [3.05, 3.63) is 52.1 Å². The lowest BCUT2D eigenvalue weighted by Gasteiger charge is -2.17. The van der Waals surface area contributed by atoms with Gasteiger partial charge in [0.05, 0.1) is 31.1 Å². The first-order valence-electron chi connectivity index (χ1n) is 9.99. The molecule has 0 radical (unpaired) electrons. The van der Waals surface area contributed by atoms with Crippen LogP contribution in [0.25, 0.3) is 0 Å². The molecule has 2 aromatic rings. The second-order valence-electron chi connectivity index (χ2n) is 7.24. The molecule has 0 aromatic heterocycles. The summed E-state index contributed by atoms with van der Waals surface area (Å²) in [6, 6.07) is 10.5. The van der Waals surface area contributed by atoms with E-state index in [1.807, 2.05) is 30.5 Å². The Kier molecular flexibility index (Phi) is 7.57. The lowest BCUT2D eigenvalue weighted by molar-refractivity contribution is -0.385. The Morgan fingerprint density at radius 3 is 2.62 bits per heavy atom. The molecule has 10 heteroatoms. The van der Waals surface area contributed by atoms with E-state index in [-0.39, 0.29) is 42.6 Å². The molecular weight excluding hydrogens is 434 g/mol. The van der Waals surface area contributed by atoms with Crippen LogP contribution in [0.3, 0.4) is 0 Å². The number of nitrogens with one attached hydrogen (secondary N) is 1. The van der Waals surface area contributed by atoms with Gasteiger partial charge in [-0.25, -0.2) is 0 Å². The molecule has 2 aromatic carbocycles. The van der Waals surface area contributed by atoms with E-state index in [0.29, 0.717) is 17.9 Å². The summed E-state index contributed by atoms with van der Waals surface area (Å²) in [5.41, 5.74) is 1.09. The van der Waals surface area contributed by atoms with Crippen LogP contribution in [0.5, 0.6) is 11.5 Å². The third-order valence-electron chi connectivity index (χ3n) is 5.34. The molecule has 9 nitrogen and oxygen atoms in total. The molecule has 0 saturated carbocycles. The van der Waals surface area contributed by atoms with Crippen LogP contribution in [0.1, 0.15) is 12.0 Å². The normalized spacial score (nSPS) is 15.5. The summed E-state index contributed by atoms with van der Waals surface area (Å²) in [4.78, 5) is 38.7. The second-order valence-corrected chi connectivity index (χ2v) is 8.12. The van der Waals surface area contributed by atoms with Gasteiger partial charge in [-0.2, -0.15) is 0 Å². The number of nitro groups is 1. The fourth-order valence-electron chi connectivity index (χ4n) is 3.66. The number of nitrogens with zero attached hydrogens (tertiary/aromatic N) is 2. The predicted molar refractivity (Wildman–Crippen MR) is 122 cm³/mol. The number of benzene rings is 2. The molecule has 1 N–H and O–H groups in total. The molecule has 1 fully saturated rings. The quantitative estimate of drug-likeness (QED) is 0.349. The molecule has 3 rings (SSSR count). The molecule has 1 aliphatic rings. The van der Waals surface area contributed by atoms with Gasteiger partial charge in [-0.1, -0.05) is 6.07 Å². The van der Waals surface area contributed by atoms with Gasteiger partial charge in [0.1, 0.15) is 0 Å². The number of hydrogen-bond acceptors (Lipinski definition) is 7. The second kappa shape index (κ2) is 10.4.